The Hall–Kier alpha value is -2.71. The predicted octanol–water partition coefficient (Wildman–Crippen LogP) is 3.00. The summed E-state index contributed by atoms with van der Waals surface area (Å²) in [5, 5.41) is 2.58. The van der Waals surface area contributed by atoms with Gasteiger partial charge < -0.3 is 10.1 Å². The molecule has 0 aliphatic rings. The van der Waals surface area contributed by atoms with Gasteiger partial charge in [0.25, 0.3) is 5.91 Å². The highest BCUT2D eigenvalue weighted by Crippen LogP contribution is 2.20. The van der Waals surface area contributed by atoms with Gasteiger partial charge in [0.15, 0.2) is 6.10 Å². The molecule has 0 heterocycles. The number of carbonyl (C=O) groups excluding carboxylic acids is 2. The summed E-state index contributed by atoms with van der Waals surface area (Å²) >= 11 is 0. The molecule has 156 valence electrons. The molecule has 8 heteroatoms. The molecule has 7 nitrogen and oxygen atoms in total. The van der Waals surface area contributed by atoms with E-state index < -0.39 is 28.0 Å². The molecule has 0 saturated heterocycles. The van der Waals surface area contributed by atoms with E-state index in [1.807, 2.05) is 37.3 Å². The van der Waals surface area contributed by atoms with Crippen LogP contribution in [-0.2, 0) is 24.3 Å². The van der Waals surface area contributed by atoms with Crippen molar-refractivity contribution in [2.75, 3.05) is 19.4 Å². The predicted molar refractivity (Wildman–Crippen MR) is 111 cm³/mol. The maximum Gasteiger partial charge on any atom is 0.307 e. The topological polar surface area (TPSA) is 92.8 Å². The lowest BCUT2D eigenvalue weighted by Gasteiger charge is -2.16. The monoisotopic (exact) mass is 418 g/mol. The van der Waals surface area contributed by atoms with Crippen molar-refractivity contribution in [2.45, 2.75) is 37.2 Å². The number of nitrogens with zero attached hydrogens (tertiary/aromatic N) is 1. The van der Waals surface area contributed by atoms with Gasteiger partial charge in [-0.1, -0.05) is 43.3 Å². The zero-order chi connectivity index (χ0) is 21.6. The minimum absolute atomic E-state index is 0.0353. The number of anilines is 1. The van der Waals surface area contributed by atoms with Gasteiger partial charge in [0.05, 0.1) is 11.3 Å². The number of hydrogen-bond donors (Lipinski definition) is 1. The number of ether oxygens (including phenoxy) is 1. The van der Waals surface area contributed by atoms with Crippen LogP contribution in [0.3, 0.4) is 0 Å². The number of nitrogens with one attached hydrogen (secondary N) is 1. The van der Waals surface area contributed by atoms with Gasteiger partial charge in [-0.15, -0.1) is 0 Å². The first-order valence-corrected chi connectivity index (χ1v) is 10.6. The summed E-state index contributed by atoms with van der Waals surface area (Å²) in [5.41, 5.74) is 1.32. The Morgan fingerprint density at radius 2 is 1.69 bits per heavy atom. The van der Waals surface area contributed by atoms with Gasteiger partial charge >= 0.3 is 5.97 Å². The molecule has 0 saturated carbocycles. The molecule has 0 fully saturated rings. The van der Waals surface area contributed by atoms with Crippen LogP contribution in [0.2, 0.25) is 0 Å². The molecule has 0 aliphatic heterocycles. The molecule has 2 aromatic rings. The molecule has 0 aliphatic carbocycles. The molecule has 2 rings (SSSR count). The van der Waals surface area contributed by atoms with Gasteiger partial charge in [-0.05, 0) is 36.6 Å². The van der Waals surface area contributed by atoms with Crippen LogP contribution in [0.15, 0.2) is 59.5 Å². The zero-order valence-electron chi connectivity index (χ0n) is 17.0. The number of amides is 1. The molecule has 0 spiro atoms. The lowest BCUT2D eigenvalue weighted by Crippen LogP contribution is -2.30. The maximum absolute atomic E-state index is 12.4. The van der Waals surface area contributed by atoms with Crippen LogP contribution in [-0.4, -0.2) is 44.8 Å². The van der Waals surface area contributed by atoms with E-state index in [-0.39, 0.29) is 17.2 Å². The highest BCUT2D eigenvalue weighted by molar-refractivity contribution is 7.89. The summed E-state index contributed by atoms with van der Waals surface area (Å²) in [7, 11) is -0.759. The maximum atomic E-state index is 12.4. The number of rotatable bonds is 8. The van der Waals surface area contributed by atoms with E-state index in [4.69, 9.17) is 4.74 Å². The molecule has 1 N–H and O–H groups in total. The fourth-order valence-electron chi connectivity index (χ4n) is 2.64. The molecule has 0 bridgehead atoms. The molecule has 0 aromatic heterocycles. The van der Waals surface area contributed by atoms with Gasteiger partial charge in [0, 0.05) is 19.8 Å². The molecule has 1 amide bonds. The Bertz CT molecular complexity index is 958. The number of sulfonamides is 1. The molecule has 2 aromatic carbocycles. The van der Waals surface area contributed by atoms with Gasteiger partial charge in [-0.25, -0.2) is 12.7 Å². The smallest absolute Gasteiger partial charge is 0.307 e. The van der Waals surface area contributed by atoms with E-state index in [1.165, 1.54) is 39.2 Å². The second kappa shape index (κ2) is 9.67. The zero-order valence-corrected chi connectivity index (χ0v) is 17.8. The van der Waals surface area contributed by atoms with Crippen molar-refractivity contribution >= 4 is 27.6 Å². The van der Waals surface area contributed by atoms with Crippen molar-refractivity contribution < 1.29 is 22.7 Å². The summed E-state index contributed by atoms with van der Waals surface area (Å²) < 4.78 is 30.7. The van der Waals surface area contributed by atoms with Crippen molar-refractivity contribution in [1.29, 1.82) is 0 Å². The van der Waals surface area contributed by atoms with Crippen molar-refractivity contribution in [3.05, 3.63) is 60.2 Å². The van der Waals surface area contributed by atoms with E-state index in [9.17, 15) is 18.0 Å². The van der Waals surface area contributed by atoms with Crippen LogP contribution in [0.1, 0.15) is 31.7 Å². The molecule has 0 radical (unpaired) electrons. The SMILES string of the molecule is C[C@@H](OC(=O)C[C@H](C)c1ccccc1)C(=O)Nc1cccc(S(=O)(=O)N(C)C)c1. The normalized spacial score (nSPS) is 13.6. The summed E-state index contributed by atoms with van der Waals surface area (Å²) in [4.78, 5) is 24.6. The van der Waals surface area contributed by atoms with Crippen LogP contribution < -0.4 is 5.32 Å². The number of benzene rings is 2. The van der Waals surface area contributed by atoms with E-state index in [0.717, 1.165) is 9.87 Å². The van der Waals surface area contributed by atoms with Crippen LogP contribution >= 0.6 is 0 Å². The van der Waals surface area contributed by atoms with E-state index >= 15 is 0 Å². The first-order chi connectivity index (χ1) is 13.6. The highest BCUT2D eigenvalue weighted by Gasteiger charge is 2.21. The van der Waals surface area contributed by atoms with Crippen molar-refractivity contribution in [1.82, 2.24) is 4.31 Å². The summed E-state index contributed by atoms with van der Waals surface area (Å²) in [5.74, 6) is -1.05. The fourth-order valence-corrected chi connectivity index (χ4v) is 3.59. The molecule has 29 heavy (non-hydrogen) atoms. The Balaban J connectivity index is 1.96. The minimum Gasteiger partial charge on any atom is -0.453 e. The summed E-state index contributed by atoms with van der Waals surface area (Å²) in [6.07, 6.45) is -0.863. The third kappa shape index (κ3) is 6.13. The molecule has 2 atom stereocenters. The number of hydrogen-bond acceptors (Lipinski definition) is 5. The Morgan fingerprint density at radius 1 is 1.03 bits per heavy atom. The van der Waals surface area contributed by atoms with Crippen LogP contribution in [0.5, 0.6) is 0 Å². The standard InChI is InChI=1S/C21H26N2O5S/c1-15(17-9-6-5-7-10-17)13-20(24)28-16(2)21(25)22-18-11-8-12-19(14-18)29(26,27)23(3)4/h5-12,14-16H,13H2,1-4H3,(H,22,25)/t15-,16+/m0/s1. The highest BCUT2D eigenvalue weighted by atomic mass is 32.2. The fraction of sp³-hybridized carbons (Fsp3) is 0.333. The Kier molecular flexibility index (Phi) is 7.53. The Morgan fingerprint density at radius 3 is 2.31 bits per heavy atom. The molecule has 0 unspecified atom stereocenters. The van der Waals surface area contributed by atoms with Crippen LogP contribution in [0.4, 0.5) is 5.69 Å². The van der Waals surface area contributed by atoms with E-state index in [2.05, 4.69) is 5.32 Å². The third-order valence-corrected chi connectivity index (χ3v) is 6.21. The molecular weight excluding hydrogens is 392 g/mol. The van der Waals surface area contributed by atoms with Crippen LogP contribution in [0, 0.1) is 0 Å². The second-order valence-corrected chi connectivity index (χ2v) is 9.10. The average Bonchev–Trinajstić information content (AvgIpc) is 2.68. The lowest BCUT2D eigenvalue weighted by molar-refractivity contribution is -0.153. The van der Waals surface area contributed by atoms with E-state index in [1.54, 1.807) is 6.07 Å². The first-order valence-electron chi connectivity index (χ1n) is 9.19. The van der Waals surface area contributed by atoms with Crippen molar-refractivity contribution in [3.8, 4) is 0 Å². The Labute approximate surface area is 171 Å². The number of esters is 1. The van der Waals surface area contributed by atoms with Crippen molar-refractivity contribution in [2.24, 2.45) is 0 Å². The summed E-state index contributed by atoms with van der Waals surface area (Å²) in [6, 6.07) is 15.5. The molecular formula is C21H26N2O5S. The minimum atomic E-state index is -3.62. The lowest BCUT2D eigenvalue weighted by atomic mass is 9.98. The summed E-state index contributed by atoms with van der Waals surface area (Å²) in [6.45, 7) is 3.39. The van der Waals surface area contributed by atoms with E-state index in [0.29, 0.717) is 5.69 Å². The van der Waals surface area contributed by atoms with Gasteiger partial charge in [0.2, 0.25) is 10.0 Å². The third-order valence-electron chi connectivity index (χ3n) is 4.40. The number of carbonyl (C=O) groups is 2. The van der Waals surface area contributed by atoms with Gasteiger partial charge in [-0.2, -0.15) is 0 Å². The second-order valence-electron chi connectivity index (χ2n) is 6.95. The largest absolute Gasteiger partial charge is 0.453 e. The quantitative estimate of drug-likeness (QED) is 0.665. The van der Waals surface area contributed by atoms with Crippen LogP contribution in [0.25, 0.3) is 0 Å². The first kappa shape index (κ1) is 22.6. The van der Waals surface area contributed by atoms with Crippen molar-refractivity contribution in [3.63, 3.8) is 0 Å². The average molecular weight is 419 g/mol. The van der Waals surface area contributed by atoms with Gasteiger partial charge in [-0.3, -0.25) is 9.59 Å². The van der Waals surface area contributed by atoms with Gasteiger partial charge in [0.1, 0.15) is 0 Å².